The Hall–Kier alpha value is -3.55. The molecule has 0 amide bonds. The zero-order valence-electron chi connectivity index (χ0n) is 14.2. The number of pyridine rings is 1. The minimum atomic E-state index is -1.18. The average Bonchev–Trinajstić information content (AvgIpc) is 3.01. The van der Waals surface area contributed by atoms with Gasteiger partial charge in [0.1, 0.15) is 5.65 Å². The highest BCUT2D eigenvalue weighted by Gasteiger charge is 2.19. The van der Waals surface area contributed by atoms with E-state index in [-0.39, 0.29) is 11.5 Å². The van der Waals surface area contributed by atoms with Crippen molar-refractivity contribution in [3.63, 3.8) is 0 Å². The molecule has 0 fully saturated rings. The third kappa shape index (κ3) is 3.30. The van der Waals surface area contributed by atoms with E-state index >= 15 is 0 Å². The number of carboxylic acids is 1. The fraction of sp³-hybridized carbons (Fsp3) is 0.167. The Balaban J connectivity index is 1.95. The Labute approximate surface area is 148 Å². The second-order valence-electron chi connectivity index (χ2n) is 5.44. The maximum absolute atomic E-state index is 11.6. The molecule has 0 aliphatic carbocycles. The first-order valence-corrected chi connectivity index (χ1v) is 7.91. The molecular weight excluding hydrogens is 336 g/mol. The number of fused-ring (bicyclic) bond motifs is 1. The van der Waals surface area contributed by atoms with Gasteiger partial charge in [0.05, 0.1) is 17.9 Å². The Morgan fingerprint density at radius 2 is 1.92 bits per heavy atom. The number of rotatable bonds is 5. The lowest BCUT2D eigenvalue weighted by molar-refractivity contribution is 0.0526. The Kier molecular flexibility index (Phi) is 4.74. The molecule has 132 valence electrons. The molecule has 2 heterocycles. The van der Waals surface area contributed by atoms with Gasteiger partial charge >= 0.3 is 11.9 Å². The van der Waals surface area contributed by atoms with E-state index in [2.05, 4.69) is 15.2 Å². The summed E-state index contributed by atoms with van der Waals surface area (Å²) in [6.07, 6.45) is 1.68. The molecule has 8 heteroatoms. The number of aryl methyl sites for hydroxylation is 1. The number of carbonyl (C=O) groups is 2. The van der Waals surface area contributed by atoms with Crippen LogP contribution in [0, 0.1) is 6.92 Å². The van der Waals surface area contributed by atoms with Crippen LogP contribution in [-0.2, 0) is 4.74 Å². The molecule has 0 bridgehead atoms. The van der Waals surface area contributed by atoms with Crippen LogP contribution in [0.1, 0.15) is 33.3 Å². The first kappa shape index (κ1) is 17.3. The molecule has 0 radical (unpaired) electrons. The third-order valence-corrected chi connectivity index (χ3v) is 3.66. The SMILES string of the molecule is CCOC(=O)c1ccc(N=Nc2c(C(=O)O)nc3c(C)cccn23)cc1. The summed E-state index contributed by atoms with van der Waals surface area (Å²) in [5, 5.41) is 17.5. The minimum absolute atomic E-state index is 0.130. The zero-order chi connectivity index (χ0) is 18.7. The van der Waals surface area contributed by atoms with Gasteiger partial charge in [-0.25, -0.2) is 14.6 Å². The highest BCUT2D eigenvalue weighted by atomic mass is 16.5. The molecule has 0 atom stereocenters. The number of azo groups is 1. The number of imidazole rings is 1. The monoisotopic (exact) mass is 352 g/mol. The van der Waals surface area contributed by atoms with Crippen LogP contribution in [0.25, 0.3) is 5.65 Å². The smallest absolute Gasteiger partial charge is 0.358 e. The summed E-state index contributed by atoms with van der Waals surface area (Å²) in [5.41, 5.74) is 2.04. The number of esters is 1. The van der Waals surface area contributed by atoms with Crippen LogP contribution in [0.4, 0.5) is 11.5 Å². The highest BCUT2D eigenvalue weighted by Crippen LogP contribution is 2.25. The number of carboxylic acid groups (broad SMARTS) is 1. The molecule has 8 nitrogen and oxygen atoms in total. The summed E-state index contributed by atoms with van der Waals surface area (Å²) >= 11 is 0. The van der Waals surface area contributed by atoms with Crippen molar-refractivity contribution in [1.29, 1.82) is 0 Å². The van der Waals surface area contributed by atoms with Crippen molar-refractivity contribution >= 4 is 29.1 Å². The van der Waals surface area contributed by atoms with E-state index in [1.165, 1.54) is 0 Å². The lowest BCUT2D eigenvalue weighted by atomic mass is 10.2. The lowest BCUT2D eigenvalue weighted by Gasteiger charge is -2.01. The van der Waals surface area contributed by atoms with Gasteiger partial charge in [0, 0.05) is 6.20 Å². The molecule has 0 aliphatic rings. The van der Waals surface area contributed by atoms with Gasteiger partial charge in [-0.15, -0.1) is 10.2 Å². The highest BCUT2D eigenvalue weighted by molar-refractivity contribution is 5.92. The zero-order valence-corrected chi connectivity index (χ0v) is 14.2. The van der Waals surface area contributed by atoms with E-state index in [4.69, 9.17) is 4.74 Å². The summed E-state index contributed by atoms with van der Waals surface area (Å²) in [6.45, 7) is 3.87. The second kappa shape index (κ2) is 7.14. The maximum Gasteiger partial charge on any atom is 0.358 e. The summed E-state index contributed by atoms with van der Waals surface area (Å²) in [7, 11) is 0. The van der Waals surface area contributed by atoms with Gasteiger partial charge in [0.15, 0.2) is 11.5 Å². The Morgan fingerprint density at radius 1 is 1.19 bits per heavy atom. The van der Waals surface area contributed by atoms with Crippen LogP contribution in [0.3, 0.4) is 0 Å². The van der Waals surface area contributed by atoms with Crippen molar-refractivity contribution in [2.45, 2.75) is 13.8 Å². The number of aromatic carboxylic acids is 1. The Morgan fingerprint density at radius 3 is 2.58 bits per heavy atom. The maximum atomic E-state index is 11.6. The van der Waals surface area contributed by atoms with Gasteiger partial charge in [0.2, 0.25) is 0 Å². The first-order chi connectivity index (χ1) is 12.5. The minimum Gasteiger partial charge on any atom is -0.476 e. The van der Waals surface area contributed by atoms with E-state index in [0.29, 0.717) is 23.5 Å². The van der Waals surface area contributed by atoms with E-state index in [0.717, 1.165) is 5.56 Å². The van der Waals surface area contributed by atoms with Gasteiger partial charge in [-0.05, 0) is 49.7 Å². The topological polar surface area (TPSA) is 106 Å². The summed E-state index contributed by atoms with van der Waals surface area (Å²) in [4.78, 5) is 27.2. The summed E-state index contributed by atoms with van der Waals surface area (Å²) in [5.74, 6) is -1.47. The van der Waals surface area contributed by atoms with Crippen LogP contribution in [0.2, 0.25) is 0 Å². The van der Waals surface area contributed by atoms with Crippen molar-refractivity contribution in [3.05, 3.63) is 59.4 Å². The largest absolute Gasteiger partial charge is 0.476 e. The van der Waals surface area contributed by atoms with E-state index in [1.54, 1.807) is 47.9 Å². The number of ether oxygens (including phenoxy) is 1. The van der Waals surface area contributed by atoms with E-state index in [1.807, 2.05) is 13.0 Å². The van der Waals surface area contributed by atoms with Gasteiger partial charge in [-0.2, -0.15) is 0 Å². The molecule has 3 rings (SSSR count). The van der Waals surface area contributed by atoms with Crippen LogP contribution >= 0.6 is 0 Å². The lowest BCUT2D eigenvalue weighted by Crippen LogP contribution is -2.03. The second-order valence-corrected chi connectivity index (χ2v) is 5.44. The molecule has 0 spiro atoms. The molecular formula is C18H16N4O4. The predicted molar refractivity (Wildman–Crippen MR) is 93.5 cm³/mol. The molecule has 2 aromatic heterocycles. The number of hydrogen-bond donors (Lipinski definition) is 1. The Bertz CT molecular complexity index is 1010. The molecule has 0 saturated carbocycles. The van der Waals surface area contributed by atoms with Crippen molar-refractivity contribution in [2.24, 2.45) is 10.2 Å². The van der Waals surface area contributed by atoms with Gasteiger partial charge < -0.3 is 9.84 Å². The predicted octanol–water partition coefficient (Wildman–Crippen LogP) is 3.93. The molecule has 0 unspecified atom stereocenters. The van der Waals surface area contributed by atoms with Gasteiger partial charge in [-0.1, -0.05) is 6.07 Å². The van der Waals surface area contributed by atoms with Crippen molar-refractivity contribution in [3.8, 4) is 0 Å². The summed E-state index contributed by atoms with van der Waals surface area (Å²) < 4.78 is 6.50. The fourth-order valence-electron chi connectivity index (χ4n) is 2.41. The van der Waals surface area contributed by atoms with Gasteiger partial charge in [0.25, 0.3) is 0 Å². The standard InChI is InChI=1S/C18H16N4O4/c1-3-26-18(25)12-6-8-13(9-7-12)20-21-16-14(17(23)24)19-15-11(2)5-4-10-22(15)16/h4-10H,3H2,1-2H3,(H,23,24). The van der Waals surface area contributed by atoms with Gasteiger partial charge in [-0.3, -0.25) is 4.40 Å². The number of benzene rings is 1. The van der Waals surface area contributed by atoms with Crippen LogP contribution < -0.4 is 0 Å². The summed E-state index contributed by atoms with van der Waals surface area (Å²) in [6, 6.07) is 9.97. The van der Waals surface area contributed by atoms with E-state index < -0.39 is 11.9 Å². The van der Waals surface area contributed by atoms with Crippen LogP contribution in [-0.4, -0.2) is 33.0 Å². The molecule has 0 saturated heterocycles. The fourth-order valence-corrected chi connectivity index (χ4v) is 2.41. The number of aromatic nitrogens is 2. The first-order valence-electron chi connectivity index (χ1n) is 7.91. The quantitative estimate of drug-likeness (QED) is 0.553. The third-order valence-electron chi connectivity index (χ3n) is 3.66. The van der Waals surface area contributed by atoms with Crippen molar-refractivity contribution < 1.29 is 19.4 Å². The van der Waals surface area contributed by atoms with E-state index in [9.17, 15) is 14.7 Å². The molecule has 3 aromatic rings. The molecule has 26 heavy (non-hydrogen) atoms. The number of carbonyl (C=O) groups excluding carboxylic acids is 1. The normalized spacial score (nSPS) is 11.2. The van der Waals surface area contributed by atoms with Crippen LogP contribution in [0.5, 0.6) is 0 Å². The molecule has 1 aromatic carbocycles. The van der Waals surface area contributed by atoms with Crippen molar-refractivity contribution in [1.82, 2.24) is 9.38 Å². The van der Waals surface area contributed by atoms with Crippen molar-refractivity contribution in [2.75, 3.05) is 6.61 Å². The van der Waals surface area contributed by atoms with Crippen LogP contribution in [0.15, 0.2) is 52.8 Å². The average molecular weight is 352 g/mol. The molecule has 1 N–H and O–H groups in total. The molecule has 0 aliphatic heterocycles. The number of hydrogen-bond acceptors (Lipinski definition) is 6. The number of nitrogens with zero attached hydrogens (tertiary/aromatic N) is 4.